The first kappa shape index (κ1) is 45.1. The van der Waals surface area contributed by atoms with Gasteiger partial charge in [0.1, 0.15) is 17.3 Å². The minimum Gasteiger partial charge on any atom is -0.456 e. The lowest BCUT2D eigenvalue weighted by Gasteiger charge is -2.19. The highest BCUT2D eigenvalue weighted by atomic mass is 16.5. The third-order valence-corrected chi connectivity index (χ3v) is 13.4. The van der Waals surface area contributed by atoms with E-state index >= 15 is 0 Å². The first-order valence-electron chi connectivity index (χ1n) is 24.4. The fourth-order valence-electron chi connectivity index (χ4n) is 9.35. The topological polar surface area (TPSA) is 71.7 Å². The van der Waals surface area contributed by atoms with Gasteiger partial charge in [-0.2, -0.15) is 0 Å². The zero-order chi connectivity index (χ0) is 49.2. The molecular formula is C63H57N7O+2. The fraction of sp³-hybridized carbons (Fsp3) is 0.190. The molecule has 8 heteroatoms. The van der Waals surface area contributed by atoms with Crippen molar-refractivity contribution in [3.8, 4) is 51.5 Å². The summed E-state index contributed by atoms with van der Waals surface area (Å²) in [4.78, 5) is 20.7. The van der Waals surface area contributed by atoms with Crippen molar-refractivity contribution in [2.45, 2.75) is 78.6 Å². The molecule has 0 atom stereocenters. The molecule has 0 bridgehead atoms. The number of pyridine rings is 1. The number of aromatic nitrogens is 5. The number of benzene rings is 7. The summed E-state index contributed by atoms with van der Waals surface area (Å²) >= 11 is 0. The monoisotopic (exact) mass is 927 g/mol. The lowest BCUT2D eigenvalue weighted by molar-refractivity contribution is 0.484. The van der Waals surface area contributed by atoms with Gasteiger partial charge in [-0.3, -0.25) is 4.57 Å². The average Bonchev–Trinajstić information content (AvgIpc) is 3.92. The van der Waals surface area contributed by atoms with Gasteiger partial charge in [0.05, 0.1) is 22.7 Å². The van der Waals surface area contributed by atoms with E-state index in [0.717, 1.165) is 67.1 Å². The number of hydrogen-bond acceptors (Lipinski definition) is 5. The maximum Gasteiger partial charge on any atom is 0.503 e. The predicted molar refractivity (Wildman–Crippen MR) is 292 cm³/mol. The van der Waals surface area contributed by atoms with Crippen LogP contribution in [-0.2, 0) is 16.2 Å². The molecule has 0 spiro atoms. The highest BCUT2D eigenvalue weighted by molar-refractivity contribution is 6.11. The Morgan fingerprint density at radius 3 is 1.56 bits per heavy atom. The Bertz CT molecular complexity index is 3660. The van der Waals surface area contributed by atoms with Gasteiger partial charge in [0.25, 0.3) is 11.4 Å². The molecule has 4 heterocycles. The molecule has 7 aromatic carbocycles. The lowest BCUT2D eigenvalue weighted by atomic mass is 9.86. The van der Waals surface area contributed by atoms with E-state index in [0.29, 0.717) is 29.0 Å². The van der Waals surface area contributed by atoms with Crippen molar-refractivity contribution < 1.29 is 4.74 Å². The molecule has 0 saturated carbocycles. The predicted octanol–water partition coefficient (Wildman–Crippen LogP) is 15.9. The third-order valence-electron chi connectivity index (χ3n) is 13.4. The molecule has 8 nitrogen and oxygen atoms in total. The summed E-state index contributed by atoms with van der Waals surface area (Å²) in [5.41, 5.74) is 12.2. The largest absolute Gasteiger partial charge is 0.503 e. The Labute approximate surface area is 416 Å². The lowest BCUT2D eigenvalue weighted by Crippen LogP contribution is -2.11. The maximum atomic E-state index is 7.20. The van der Waals surface area contributed by atoms with Gasteiger partial charge >= 0.3 is 6.01 Å². The van der Waals surface area contributed by atoms with Crippen LogP contribution in [0, 0.1) is 0 Å². The van der Waals surface area contributed by atoms with Crippen molar-refractivity contribution in [2.24, 2.45) is 0 Å². The van der Waals surface area contributed by atoms with E-state index in [-0.39, 0.29) is 16.2 Å². The van der Waals surface area contributed by atoms with Gasteiger partial charge in [0.2, 0.25) is 11.4 Å². The Hall–Kier alpha value is -8.32. The first-order valence-corrected chi connectivity index (χ1v) is 24.4. The summed E-state index contributed by atoms with van der Waals surface area (Å²) in [7, 11) is 0. The molecule has 0 aliphatic carbocycles. The van der Waals surface area contributed by atoms with Crippen LogP contribution in [0.1, 0.15) is 79.0 Å². The van der Waals surface area contributed by atoms with E-state index in [1.165, 1.54) is 16.7 Å². The normalized spacial score (nSPS) is 12.8. The van der Waals surface area contributed by atoms with Gasteiger partial charge in [-0.25, -0.2) is 19.9 Å². The maximum absolute atomic E-state index is 7.20. The number of fused-ring (bicyclic) bond motifs is 4. The molecule has 11 rings (SSSR count). The van der Waals surface area contributed by atoms with Gasteiger partial charge in [-0.15, -0.1) is 0 Å². The van der Waals surface area contributed by atoms with Crippen LogP contribution in [0.25, 0.3) is 61.8 Å². The summed E-state index contributed by atoms with van der Waals surface area (Å²) in [6, 6.07) is 64.9. The minimum atomic E-state index is -0.0118. The number of hydrogen-bond donors (Lipinski definition) is 0. The number of ether oxygens (including phenoxy) is 1. The molecule has 1 aliphatic rings. The van der Waals surface area contributed by atoms with Crippen LogP contribution in [0.3, 0.4) is 0 Å². The van der Waals surface area contributed by atoms with Crippen molar-refractivity contribution in [1.29, 1.82) is 0 Å². The minimum absolute atomic E-state index is 0.0118. The van der Waals surface area contributed by atoms with Crippen LogP contribution in [0.5, 0.6) is 11.5 Å². The summed E-state index contributed by atoms with van der Waals surface area (Å²) in [5.74, 6) is 3.67. The van der Waals surface area contributed by atoms with Crippen molar-refractivity contribution in [2.75, 3.05) is 0 Å². The van der Waals surface area contributed by atoms with Crippen LogP contribution in [0.2, 0.25) is 0 Å². The zero-order valence-corrected chi connectivity index (χ0v) is 41.9. The molecule has 3 aromatic heterocycles. The third kappa shape index (κ3) is 8.62. The van der Waals surface area contributed by atoms with Gasteiger partial charge < -0.3 is 4.74 Å². The zero-order valence-electron chi connectivity index (χ0n) is 41.9. The Morgan fingerprint density at radius 2 is 0.986 bits per heavy atom. The van der Waals surface area contributed by atoms with Crippen molar-refractivity contribution in [3.05, 3.63) is 199 Å². The van der Waals surface area contributed by atoms with E-state index in [1.807, 2.05) is 36.5 Å². The summed E-state index contributed by atoms with van der Waals surface area (Å²) < 4.78 is 13.6. The Balaban J connectivity index is 1.11. The van der Waals surface area contributed by atoms with Crippen LogP contribution in [0.4, 0.5) is 22.7 Å². The standard InChI is InChI=1S/C63H57N7O/c1-61(2,3)43-28-24-41(25-29-43)58-65-59(42-26-30-44(31-27-42)62(4,5)6)67-60(66-58)51-38-50-49-19-10-11-20-52(49)70(57-23-14-15-36-64-57)55(50)39-56(51)71-48-18-16-17-47(37-48)69-40-68(53-21-12-13-22-54(53)69)46-34-32-45(33-35-46)63(7,8)9/h10-39H,1-9H3/q+2. The highest BCUT2D eigenvalue weighted by Crippen LogP contribution is 2.43. The van der Waals surface area contributed by atoms with E-state index in [2.05, 4.69) is 228 Å². The quantitative estimate of drug-likeness (QED) is 0.142. The molecule has 0 unspecified atom stereocenters. The second-order valence-electron chi connectivity index (χ2n) is 21.5. The molecule has 0 fully saturated rings. The summed E-state index contributed by atoms with van der Waals surface area (Å²) in [6.07, 6.45) is 1.83. The fourth-order valence-corrected chi connectivity index (χ4v) is 9.35. The van der Waals surface area contributed by atoms with Crippen LogP contribution in [0.15, 0.2) is 182 Å². The van der Waals surface area contributed by atoms with Crippen LogP contribution >= 0.6 is 0 Å². The molecule has 0 N–H and O–H groups in total. The number of nitrogens with zero attached hydrogens (tertiary/aromatic N) is 7. The molecule has 0 radical (unpaired) electrons. The molecular weight excluding hydrogens is 871 g/mol. The van der Waals surface area contributed by atoms with E-state index in [4.69, 9.17) is 24.7 Å². The van der Waals surface area contributed by atoms with Gasteiger partial charge in [0, 0.05) is 64.5 Å². The molecule has 10 aromatic rings. The SMILES string of the molecule is CC(C)(C)c1ccc(-c2nc(-c3ccc(C(C)(C)C)cc3)nc(-c3cc4c5ccccc5n(-c5ccccn5)c4cc3Oc3cccc([N+]4=C=[N+](c5ccc(C(C)(C)C)cc5)c5ccccc54)c3)n2)cc1. The summed E-state index contributed by atoms with van der Waals surface area (Å²) in [5, 5.41) is 2.09. The second kappa shape index (κ2) is 17.3. The first-order chi connectivity index (χ1) is 34.1. The van der Waals surface area contributed by atoms with E-state index < -0.39 is 0 Å². The van der Waals surface area contributed by atoms with E-state index in [9.17, 15) is 0 Å². The van der Waals surface area contributed by atoms with Gasteiger partial charge in [-0.1, -0.05) is 165 Å². The number of rotatable bonds is 8. The summed E-state index contributed by atoms with van der Waals surface area (Å²) in [6.45, 7) is 20.1. The molecule has 71 heavy (non-hydrogen) atoms. The molecule has 0 saturated heterocycles. The van der Waals surface area contributed by atoms with Crippen molar-refractivity contribution in [1.82, 2.24) is 33.7 Å². The van der Waals surface area contributed by atoms with Crippen LogP contribution in [-0.4, -0.2) is 30.5 Å². The van der Waals surface area contributed by atoms with Gasteiger partial charge in [-0.05, 0) is 72.4 Å². The molecule has 348 valence electrons. The van der Waals surface area contributed by atoms with Crippen molar-refractivity contribution >= 4 is 50.6 Å². The molecule has 1 aliphatic heterocycles. The second-order valence-corrected chi connectivity index (χ2v) is 21.5. The Kier molecular flexibility index (Phi) is 11.0. The number of para-hydroxylation sites is 3. The van der Waals surface area contributed by atoms with E-state index in [1.54, 1.807) is 0 Å². The van der Waals surface area contributed by atoms with Crippen LogP contribution < -0.4 is 13.9 Å². The smallest absolute Gasteiger partial charge is 0.456 e. The Morgan fingerprint density at radius 1 is 0.451 bits per heavy atom. The molecule has 0 amide bonds. The highest BCUT2D eigenvalue weighted by Gasteiger charge is 2.36. The average molecular weight is 928 g/mol. The van der Waals surface area contributed by atoms with Gasteiger partial charge in [0.15, 0.2) is 17.5 Å². The van der Waals surface area contributed by atoms with Crippen molar-refractivity contribution in [3.63, 3.8) is 0 Å².